The van der Waals surface area contributed by atoms with Crippen LogP contribution in [-0.4, -0.2) is 23.8 Å². The summed E-state index contributed by atoms with van der Waals surface area (Å²) in [5, 5.41) is 10.8. The first-order valence-electron chi connectivity index (χ1n) is 8.02. The van der Waals surface area contributed by atoms with Crippen LogP contribution in [0.3, 0.4) is 0 Å². The third-order valence-electron chi connectivity index (χ3n) is 5.25. The molecule has 1 aliphatic carbocycles. The molecule has 1 aromatic rings. The van der Waals surface area contributed by atoms with E-state index in [2.05, 4.69) is 4.90 Å². The Morgan fingerprint density at radius 1 is 1.38 bits per heavy atom. The van der Waals surface area contributed by atoms with Gasteiger partial charge in [-0.3, -0.25) is 0 Å². The second-order valence-corrected chi connectivity index (χ2v) is 6.70. The van der Waals surface area contributed by atoms with Crippen molar-refractivity contribution in [2.45, 2.75) is 50.7 Å². The van der Waals surface area contributed by atoms with Gasteiger partial charge in [0.25, 0.3) is 0 Å². The van der Waals surface area contributed by atoms with Crippen LogP contribution in [0.25, 0.3) is 0 Å². The molecule has 2 fully saturated rings. The number of nitrogens with zero attached hydrogens (tertiary/aromatic N) is 1. The zero-order valence-corrected chi connectivity index (χ0v) is 12.7. The van der Waals surface area contributed by atoms with Crippen molar-refractivity contribution in [3.8, 4) is 0 Å². The summed E-state index contributed by atoms with van der Waals surface area (Å²) in [5.74, 6) is 0.0659. The predicted molar refractivity (Wildman–Crippen MR) is 82.7 cm³/mol. The first-order chi connectivity index (χ1) is 10.0. The molecule has 1 heterocycles. The number of anilines is 1. The molecule has 2 unspecified atom stereocenters. The monoisotopic (exact) mass is 292 g/mol. The van der Waals surface area contributed by atoms with Crippen LogP contribution in [0, 0.1) is 11.7 Å². The molecule has 3 N–H and O–H groups in total. The van der Waals surface area contributed by atoms with Crippen molar-refractivity contribution in [2.24, 2.45) is 11.7 Å². The van der Waals surface area contributed by atoms with Crippen molar-refractivity contribution in [1.82, 2.24) is 0 Å². The summed E-state index contributed by atoms with van der Waals surface area (Å²) in [6.45, 7) is 3.40. The van der Waals surface area contributed by atoms with Crippen molar-refractivity contribution in [3.05, 3.63) is 29.6 Å². The molecule has 1 aliphatic heterocycles. The number of hydrogen-bond donors (Lipinski definition) is 2. The van der Waals surface area contributed by atoms with Gasteiger partial charge in [-0.15, -0.1) is 0 Å². The molecule has 0 aromatic heterocycles. The zero-order valence-electron chi connectivity index (χ0n) is 12.7. The van der Waals surface area contributed by atoms with Gasteiger partial charge in [0.1, 0.15) is 5.82 Å². The molecule has 1 saturated heterocycles. The summed E-state index contributed by atoms with van der Waals surface area (Å²) in [4.78, 5) is 2.21. The Balaban J connectivity index is 1.87. The first-order valence-corrected chi connectivity index (χ1v) is 8.02. The normalized spacial score (nSPS) is 30.9. The van der Waals surface area contributed by atoms with Gasteiger partial charge < -0.3 is 15.7 Å². The van der Waals surface area contributed by atoms with Crippen LogP contribution in [0.1, 0.15) is 50.6 Å². The molecule has 3 atom stereocenters. The number of halogens is 1. The van der Waals surface area contributed by atoms with Crippen LogP contribution in [-0.2, 0) is 0 Å². The molecule has 4 heteroatoms. The average Bonchev–Trinajstić information content (AvgIpc) is 2.45. The molecule has 0 spiro atoms. The standard InChI is InChI=1S/C17H25FN2O/c1-12(19)16-14(18)6-4-7-15(16)20-10-9-17(21)8-3-2-5-13(17)11-20/h4,6-7,12-13,21H,2-3,5,8-11,19H2,1H3/t12-,13?,17?/m1/s1. The van der Waals surface area contributed by atoms with E-state index >= 15 is 0 Å². The number of piperidine rings is 1. The number of hydrogen-bond acceptors (Lipinski definition) is 3. The summed E-state index contributed by atoms with van der Waals surface area (Å²) in [6.07, 6.45) is 5.05. The Hall–Kier alpha value is -1.13. The van der Waals surface area contributed by atoms with E-state index in [-0.39, 0.29) is 11.9 Å². The molecule has 2 aliphatic rings. The summed E-state index contributed by atoms with van der Waals surface area (Å²) in [7, 11) is 0. The Bertz CT molecular complexity index is 520. The molecule has 1 aromatic carbocycles. The second kappa shape index (κ2) is 5.58. The zero-order chi connectivity index (χ0) is 15.0. The number of rotatable bonds is 2. The lowest BCUT2D eigenvalue weighted by molar-refractivity contribution is -0.0612. The summed E-state index contributed by atoms with van der Waals surface area (Å²) in [6, 6.07) is 4.85. The van der Waals surface area contributed by atoms with Gasteiger partial charge in [-0.25, -0.2) is 4.39 Å². The maximum Gasteiger partial charge on any atom is 0.130 e. The van der Waals surface area contributed by atoms with Gasteiger partial charge in [0.15, 0.2) is 0 Å². The number of fused-ring (bicyclic) bond motifs is 1. The van der Waals surface area contributed by atoms with Crippen molar-refractivity contribution in [1.29, 1.82) is 0 Å². The van der Waals surface area contributed by atoms with Gasteiger partial charge in [-0.1, -0.05) is 18.9 Å². The fourth-order valence-corrected chi connectivity index (χ4v) is 4.04. The first kappa shape index (κ1) is 14.8. The molecule has 0 radical (unpaired) electrons. The highest BCUT2D eigenvalue weighted by atomic mass is 19.1. The highest BCUT2D eigenvalue weighted by molar-refractivity contribution is 5.56. The smallest absolute Gasteiger partial charge is 0.130 e. The Morgan fingerprint density at radius 3 is 2.95 bits per heavy atom. The molecule has 1 saturated carbocycles. The third kappa shape index (κ3) is 2.67. The SMILES string of the molecule is C[C@@H](N)c1c(F)cccc1N1CCC2(O)CCCCC2C1. The highest BCUT2D eigenvalue weighted by Gasteiger charge is 2.43. The van der Waals surface area contributed by atoms with E-state index in [0.717, 1.165) is 44.5 Å². The maximum atomic E-state index is 14.1. The Labute approximate surface area is 125 Å². The van der Waals surface area contributed by atoms with Crippen LogP contribution < -0.4 is 10.6 Å². The molecule has 3 nitrogen and oxygen atoms in total. The molecule has 116 valence electrons. The topological polar surface area (TPSA) is 49.5 Å². The van der Waals surface area contributed by atoms with Crippen LogP contribution in [0.4, 0.5) is 10.1 Å². The maximum absolute atomic E-state index is 14.1. The van der Waals surface area contributed by atoms with Crippen molar-refractivity contribution in [3.63, 3.8) is 0 Å². The van der Waals surface area contributed by atoms with Crippen LogP contribution >= 0.6 is 0 Å². The highest BCUT2D eigenvalue weighted by Crippen LogP contribution is 2.42. The van der Waals surface area contributed by atoms with E-state index < -0.39 is 5.60 Å². The van der Waals surface area contributed by atoms with E-state index in [4.69, 9.17) is 5.73 Å². The van der Waals surface area contributed by atoms with E-state index in [1.807, 2.05) is 13.0 Å². The molecular formula is C17H25FN2O. The number of benzene rings is 1. The van der Waals surface area contributed by atoms with E-state index in [1.54, 1.807) is 6.07 Å². The largest absolute Gasteiger partial charge is 0.389 e. The lowest BCUT2D eigenvalue weighted by atomic mass is 9.71. The summed E-state index contributed by atoms with van der Waals surface area (Å²) in [5.41, 5.74) is 6.96. The summed E-state index contributed by atoms with van der Waals surface area (Å²) < 4.78 is 14.1. The minimum atomic E-state index is -0.503. The molecular weight excluding hydrogens is 267 g/mol. The molecule has 0 bridgehead atoms. The molecule has 3 rings (SSSR count). The van der Waals surface area contributed by atoms with Crippen LogP contribution in [0.2, 0.25) is 0 Å². The Morgan fingerprint density at radius 2 is 2.19 bits per heavy atom. The van der Waals surface area contributed by atoms with Crippen molar-refractivity contribution in [2.75, 3.05) is 18.0 Å². The fourth-order valence-electron chi connectivity index (χ4n) is 4.04. The van der Waals surface area contributed by atoms with Gasteiger partial charge in [0.2, 0.25) is 0 Å². The number of aliphatic hydroxyl groups is 1. The summed E-state index contributed by atoms with van der Waals surface area (Å²) >= 11 is 0. The molecule has 21 heavy (non-hydrogen) atoms. The van der Waals surface area contributed by atoms with Crippen molar-refractivity contribution < 1.29 is 9.50 Å². The fraction of sp³-hybridized carbons (Fsp3) is 0.647. The van der Waals surface area contributed by atoms with E-state index in [0.29, 0.717) is 11.5 Å². The second-order valence-electron chi connectivity index (χ2n) is 6.70. The van der Waals surface area contributed by atoms with Crippen LogP contribution in [0.5, 0.6) is 0 Å². The van der Waals surface area contributed by atoms with Gasteiger partial charge in [0, 0.05) is 36.3 Å². The predicted octanol–water partition coefficient (Wildman–Crippen LogP) is 2.98. The average molecular weight is 292 g/mol. The van der Waals surface area contributed by atoms with E-state index in [1.165, 1.54) is 12.5 Å². The lowest BCUT2D eigenvalue weighted by Crippen LogP contribution is -2.53. The minimum absolute atomic E-state index is 0.230. The quantitative estimate of drug-likeness (QED) is 0.881. The molecule has 0 amide bonds. The van der Waals surface area contributed by atoms with Gasteiger partial charge in [-0.2, -0.15) is 0 Å². The third-order valence-corrected chi connectivity index (χ3v) is 5.25. The van der Waals surface area contributed by atoms with Crippen molar-refractivity contribution >= 4 is 5.69 Å². The van der Waals surface area contributed by atoms with Crippen LogP contribution in [0.15, 0.2) is 18.2 Å². The minimum Gasteiger partial charge on any atom is -0.389 e. The Kier molecular flexibility index (Phi) is 3.93. The lowest BCUT2D eigenvalue weighted by Gasteiger charge is -2.48. The van der Waals surface area contributed by atoms with Gasteiger partial charge in [-0.05, 0) is 38.3 Å². The van der Waals surface area contributed by atoms with Gasteiger partial charge in [0.05, 0.1) is 5.60 Å². The van der Waals surface area contributed by atoms with E-state index in [9.17, 15) is 9.50 Å². The number of nitrogens with two attached hydrogens (primary N) is 1. The van der Waals surface area contributed by atoms with Gasteiger partial charge >= 0.3 is 0 Å².